The quantitative estimate of drug-likeness (QED) is 0.902. The third-order valence-electron chi connectivity index (χ3n) is 3.55. The maximum absolute atomic E-state index is 12.5. The topological polar surface area (TPSA) is 42.0 Å². The van der Waals surface area contributed by atoms with E-state index in [1.165, 1.54) is 6.20 Å². The molecule has 0 aliphatic heterocycles. The van der Waals surface area contributed by atoms with Crippen LogP contribution >= 0.6 is 27.5 Å². The Morgan fingerprint density at radius 3 is 2.45 bits per heavy atom. The van der Waals surface area contributed by atoms with Gasteiger partial charge in [-0.2, -0.15) is 0 Å². The second-order valence-corrected chi connectivity index (χ2v) is 6.26. The first-order valence-corrected chi connectivity index (χ1v) is 7.46. The number of carbonyl (C=O) groups is 1. The lowest BCUT2D eigenvalue weighted by atomic mass is 9.95. The largest absolute Gasteiger partial charge is 0.310 e. The molecule has 2 aromatic rings. The number of halogens is 2. The average Bonchev–Trinajstić information content (AvgIpc) is 3.24. The van der Waals surface area contributed by atoms with E-state index in [1.54, 1.807) is 12.1 Å². The molecule has 1 aliphatic carbocycles. The summed E-state index contributed by atoms with van der Waals surface area (Å²) in [5.74, 6) is 0.525. The van der Waals surface area contributed by atoms with Crippen LogP contribution < -0.4 is 5.32 Å². The van der Waals surface area contributed by atoms with E-state index in [9.17, 15) is 4.79 Å². The van der Waals surface area contributed by atoms with Crippen molar-refractivity contribution in [1.82, 2.24) is 4.98 Å². The van der Waals surface area contributed by atoms with E-state index in [0.29, 0.717) is 10.8 Å². The fraction of sp³-hybridized carbons (Fsp3) is 0.200. The first-order chi connectivity index (χ1) is 9.60. The summed E-state index contributed by atoms with van der Waals surface area (Å²) >= 11 is 9.19. The first-order valence-electron chi connectivity index (χ1n) is 6.29. The lowest BCUT2D eigenvalue weighted by Gasteiger charge is -2.15. The Hall–Kier alpha value is -1.39. The van der Waals surface area contributed by atoms with Crippen molar-refractivity contribution >= 4 is 39.3 Å². The molecule has 0 saturated heterocycles. The minimum atomic E-state index is -0.401. The molecular formula is C15H12BrClN2O. The highest BCUT2D eigenvalue weighted by Gasteiger charge is 2.51. The number of rotatable bonds is 3. The monoisotopic (exact) mass is 350 g/mol. The fourth-order valence-electron chi connectivity index (χ4n) is 2.23. The van der Waals surface area contributed by atoms with Gasteiger partial charge in [-0.25, -0.2) is 4.98 Å². The molecule has 3 rings (SSSR count). The molecule has 102 valence electrons. The predicted molar refractivity (Wildman–Crippen MR) is 82.9 cm³/mol. The number of benzene rings is 1. The molecule has 0 radical (unpaired) electrons. The number of hydrogen-bond donors (Lipinski definition) is 1. The van der Waals surface area contributed by atoms with Crippen LogP contribution in [0.3, 0.4) is 0 Å². The number of nitrogens with zero attached hydrogens (tertiary/aromatic N) is 1. The number of anilines is 1. The summed E-state index contributed by atoms with van der Waals surface area (Å²) in [7, 11) is 0. The molecule has 1 fully saturated rings. The number of carbonyl (C=O) groups excluding carboxylic acids is 1. The van der Waals surface area contributed by atoms with Crippen molar-refractivity contribution in [2.24, 2.45) is 0 Å². The summed E-state index contributed by atoms with van der Waals surface area (Å²) in [5.41, 5.74) is 0.648. The maximum Gasteiger partial charge on any atom is 0.236 e. The van der Waals surface area contributed by atoms with E-state index in [0.717, 1.165) is 22.9 Å². The molecule has 1 amide bonds. The van der Waals surface area contributed by atoms with Crippen molar-refractivity contribution in [1.29, 1.82) is 0 Å². The number of pyridine rings is 1. The second-order valence-electron chi connectivity index (χ2n) is 4.90. The zero-order chi connectivity index (χ0) is 14.2. The zero-order valence-electron chi connectivity index (χ0n) is 10.6. The van der Waals surface area contributed by atoms with Crippen molar-refractivity contribution in [2.45, 2.75) is 18.3 Å². The molecule has 1 aromatic heterocycles. The van der Waals surface area contributed by atoms with Gasteiger partial charge in [-0.05, 0) is 42.7 Å². The van der Waals surface area contributed by atoms with Gasteiger partial charge in [0.2, 0.25) is 5.91 Å². The maximum atomic E-state index is 12.5. The van der Waals surface area contributed by atoms with E-state index < -0.39 is 5.41 Å². The Morgan fingerprint density at radius 1 is 1.20 bits per heavy atom. The molecule has 3 nitrogen and oxygen atoms in total. The van der Waals surface area contributed by atoms with Gasteiger partial charge in [-0.15, -0.1) is 0 Å². The highest BCUT2D eigenvalue weighted by Crippen LogP contribution is 2.49. The molecule has 1 aromatic carbocycles. The number of nitrogens with one attached hydrogen (secondary N) is 1. The highest BCUT2D eigenvalue weighted by atomic mass is 79.9. The van der Waals surface area contributed by atoms with Crippen LogP contribution in [0.4, 0.5) is 5.82 Å². The molecule has 1 N–H and O–H groups in total. The minimum absolute atomic E-state index is 0.00496. The SMILES string of the molecule is O=C(Nc1ccc(Cl)cn1)C1(c2ccc(Br)cc2)CC1. The molecule has 20 heavy (non-hydrogen) atoms. The molecule has 1 heterocycles. The Balaban J connectivity index is 1.79. The molecule has 0 spiro atoms. The first kappa shape index (κ1) is 13.6. The van der Waals surface area contributed by atoms with Crippen LogP contribution in [0.1, 0.15) is 18.4 Å². The van der Waals surface area contributed by atoms with Gasteiger partial charge in [0, 0.05) is 10.7 Å². The summed E-state index contributed by atoms with van der Waals surface area (Å²) in [6, 6.07) is 11.3. The van der Waals surface area contributed by atoms with E-state index >= 15 is 0 Å². The third kappa shape index (κ3) is 2.58. The molecule has 5 heteroatoms. The van der Waals surface area contributed by atoms with Gasteiger partial charge in [0.05, 0.1) is 10.4 Å². The fourth-order valence-corrected chi connectivity index (χ4v) is 2.60. The Kier molecular flexibility index (Phi) is 3.52. The van der Waals surface area contributed by atoms with Crippen LogP contribution in [0.25, 0.3) is 0 Å². The van der Waals surface area contributed by atoms with E-state index in [1.807, 2.05) is 24.3 Å². The normalized spacial score (nSPS) is 15.7. The van der Waals surface area contributed by atoms with E-state index in [-0.39, 0.29) is 5.91 Å². The molecule has 1 saturated carbocycles. The van der Waals surface area contributed by atoms with E-state index in [4.69, 9.17) is 11.6 Å². The summed E-state index contributed by atoms with van der Waals surface area (Å²) in [6.07, 6.45) is 3.26. The summed E-state index contributed by atoms with van der Waals surface area (Å²) in [6.45, 7) is 0. The smallest absolute Gasteiger partial charge is 0.236 e. The van der Waals surface area contributed by atoms with Gasteiger partial charge < -0.3 is 5.32 Å². The van der Waals surface area contributed by atoms with Gasteiger partial charge in [0.1, 0.15) is 5.82 Å². The predicted octanol–water partition coefficient (Wildman–Crippen LogP) is 4.17. The van der Waals surface area contributed by atoms with Crippen molar-refractivity contribution in [3.8, 4) is 0 Å². The Bertz CT molecular complexity index is 636. The standard InChI is InChI=1S/C15H12BrClN2O/c16-11-3-1-10(2-4-11)15(7-8-15)14(20)19-13-6-5-12(17)9-18-13/h1-6,9H,7-8H2,(H,18,19,20). The third-order valence-corrected chi connectivity index (χ3v) is 4.30. The number of hydrogen-bond acceptors (Lipinski definition) is 2. The van der Waals surface area contributed by atoms with Crippen LogP contribution in [0, 0.1) is 0 Å². The number of aromatic nitrogens is 1. The molecule has 0 unspecified atom stereocenters. The number of amides is 1. The van der Waals surface area contributed by atoms with Gasteiger partial charge in [0.15, 0.2) is 0 Å². The van der Waals surface area contributed by atoms with Gasteiger partial charge >= 0.3 is 0 Å². The van der Waals surface area contributed by atoms with Crippen LogP contribution in [0.5, 0.6) is 0 Å². The summed E-state index contributed by atoms with van der Waals surface area (Å²) in [4.78, 5) is 16.6. The van der Waals surface area contributed by atoms with Gasteiger partial charge in [0.25, 0.3) is 0 Å². The van der Waals surface area contributed by atoms with Crippen LogP contribution in [0.15, 0.2) is 47.1 Å². The zero-order valence-corrected chi connectivity index (χ0v) is 12.9. The summed E-state index contributed by atoms with van der Waals surface area (Å²) < 4.78 is 1.01. The molecular weight excluding hydrogens is 340 g/mol. The van der Waals surface area contributed by atoms with Crippen LogP contribution in [0.2, 0.25) is 5.02 Å². The Morgan fingerprint density at radius 2 is 1.90 bits per heavy atom. The van der Waals surface area contributed by atoms with Crippen molar-refractivity contribution in [3.05, 3.63) is 57.7 Å². The average molecular weight is 352 g/mol. The van der Waals surface area contributed by atoms with Crippen molar-refractivity contribution in [2.75, 3.05) is 5.32 Å². The van der Waals surface area contributed by atoms with Crippen molar-refractivity contribution < 1.29 is 4.79 Å². The molecule has 0 bridgehead atoms. The lowest BCUT2D eigenvalue weighted by Crippen LogP contribution is -2.28. The van der Waals surface area contributed by atoms with E-state index in [2.05, 4.69) is 26.2 Å². The lowest BCUT2D eigenvalue weighted by molar-refractivity contribution is -0.118. The van der Waals surface area contributed by atoms with Crippen LogP contribution in [-0.4, -0.2) is 10.9 Å². The van der Waals surface area contributed by atoms with Crippen molar-refractivity contribution in [3.63, 3.8) is 0 Å². The molecule has 1 aliphatic rings. The van der Waals surface area contributed by atoms with Crippen LogP contribution in [-0.2, 0) is 10.2 Å². The Labute approximate surface area is 130 Å². The molecule has 0 atom stereocenters. The van der Waals surface area contributed by atoms with Gasteiger partial charge in [-0.1, -0.05) is 39.7 Å². The highest BCUT2D eigenvalue weighted by molar-refractivity contribution is 9.10. The minimum Gasteiger partial charge on any atom is -0.310 e. The second kappa shape index (κ2) is 5.19. The summed E-state index contributed by atoms with van der Waals surface area (Å²) in [5, 5.41) is 3.42. The van der Waals surface area contributed by atoms with Gasteiger partial charge in [-0.3, -0.25) is 4.79 Å².